The van der Waals surface area contributed by atoms with Gasteiger partial charge in [0.05, 0.1) is 0 Å². The third kappa shape index (κ3) is 45.9. The van der Waals surface area contributed by atoms with E-state index < -0.39 is 6.10 Å². The Bertz CT molecular complexity index is 905. The van der Waals surface area contributed by atoms with Gasteiger partial charge in [-0.3, -0.25) is 14.4 Å². The molecule has 0 fully saturated rings. The SMILES string of the molecule is CCCCCCCCCCCCCCCC(=O)O[C@@H](COC(=O)CCCCCCCCC)COC(=O)CCCCCCCCCCCCCCCCCCCCC(C)CC. The first-order valence-electron chi connectivity index (χ1n) is 26.9. The molecule has 0 saturated carbocycles. The largest absolute Gasteiger partial charge is 0.462 e. The van der Waals surface area contributed by atoms with E-state index in [0.717, 1.165) is 63.7 Å². The number of carbonyl (C=O) groups excluding carboxylic acids is 3. The lowest BCUT2D eigenvalue weighted by Crippen LogP contribution is -2.30. The second-order valence-corrected chi connectivity index (χ2v) is 18.8. The van der Waals surface area contributed by atoms with E-state index >= 15 is 0 Å². The van der Waals surface area contributed by atoms with Crippen LogP contribution in [0.1, 0.15) is 304 Å². The van der Waals surface area contributed by atoms with Gasteiger partial charge in [0.2, 0.25) is 0 Å². The highest BCUT2D eigenvalue weighted by Gasteiger charge is 2.19. The summed E-state index contributed by atoms with van der Waals surface area (Å²) in [6, 6.07) is 0. The molecule has 0 aliphatic rings. The van der Waals surface area contributed by atoms with Gasteiger partial charge in [0, 0.05) is 19.3 Å². The summed E-state index contributed by atoms with van der Waals surface area (Å²) in [5.74, 6) is 0.0605. The monoisotopic (exact) mass is 849 g/mol. The molecule has 6 nitrogen and oxygen atoms in total. The first-order chi connectivity index (χ1) is 29.4. The van der Waals surface area contributed by atoms with Crippen molar-refractivity contribution in [2.24, 2.45) is 5.92 Å². The minimum Gasteiger partial charge on any atom is -0.462 e. The van der Waals surface area contributed by atoms with Gasteiger partial charge in [0.25, 0.3) is 0 Å². The van der Waals surface area contributed by atoms with Crippen LogP contribution < -0.4 is 0 Å². The number of hydrogen-bond donors (Lipinski definition) is 0. The van der Waals surface area contributed by atoms with E-state index in [1.54, 1.807) is 0 Å². The van der Waals surface area contributed by atoms with Crippen molar-refractivity contribution >= 4 is 17.9 Å². The van der Waals surface area contributed by atoms with E-state index in [1.807, 2.05) is 0 Å². The van der Waals surface area contributed by atoms with Crippen LogP contribution in [0.3, 0.4) is 0 Å². The summed E-state index contributed by atoms with van der Waals surface area (Å²) in [4.78, 5) is 37.8. The zero-order valence-electron chi connectivity index (χ0n) is 40.9. The normalized spacial score (nSPS) is 12.4. The van der Waals surface area contributed by atoms with E-state index in [0.29, 0.717) is 19.3 Å². The van der Waals surface area contributed by atoms with Gasteiger partial charge >= 0.3 is 17.9 Å². The van der Waals surface area contributed by atoms with E-state index in [-0.39, 0.29) is 31.1 Å². The molecule has 0 radical (unpaired) electrons. The van der Waals surface area contributed by atoms with Gasteiger partial charge in [0.1, 0.15) is 13.2 Å². The van der Waals surface area contributed by atoms with Crippen molar-refractivity contribution in [1.82, 2.24) is 0 Å². The summed E-state index contributed by atoms with van der Waals surface area (Å²) in [5.41, 5.74) is 0. The van der Waals surface area contributed by atoms with Crippen LogP contribution in [0.2, 0.25) is 0 Å². The lowest BCUT2D eigenvalue weighted by molar-refractivity contribution is -0.167. The Hall–Kier alpha value is -1.59. The van der Waals surface area contributed by atoms with Crippen LogP contribution >= 0.6 is 0 Å². The molecule has 356 valence electrons. The van der Waals surface area contributed by atoms with Crippen molar-refractivity contribution in [3.05, 3.63) is 0 Å². The second kappa shape index (κ2) is 48.4. The number of hydrogen-bond acceptors (Lipinski definition) is 6. The maximum atomic E-state index is 12.7. The van der Waals surface area contributed by atoms with Gasteiger partial charge in [-0.2, -0.15) is 0 Å². The summed E-state index contributed by atoms with van der Waals surface area (Å²) < 4.78 is 16.7. The highest BCUT2D eigenvalue weighted by atomic mass is 16.6. The third-order valence-corrected chi connectivity index (χ3v) is 12.7. The van der Waals surface area contributed by atoms with Gasteiger partial charge in [0.15, 0.2) is 6.10 Å². The maximum absolute atomic E-state index is 12.7. The lowest BCUT2D eigenvalue weighted by Gasteiger charge is -2.18. The molecule has 6 heteroatoms. The fourth-order valence-corrected chi connectivity index (χ4v) is 8.19. The van der Waals surface area contributed by atoms with Crippen LogP contribution in [0.5, 0.6) is 0 Å². The van der Waals surface area contributed by atoms with E-state index in [1.165, 1.54) is 199 Å². The molecule has 0 spiro atoms. The average Bonchev–Trinajstić information content (AvgIpc) is 3.25. The quantitative estimate of drug-likeness (QED) is 0.0345. The molecule has 0 rings (SSSR count). The number of unbranched alkanes of at least 4 members (excludes halogenated alkanes) is 35. The molecular weight excluding hydrogens is 745 g/mol. The highest BCUT2D eigenvalue weighted by Crippen LogP contribution is 2.18. The number of ether oxygens (including phenoxy) is 3. The summed E-state index contributed by atoms with van der Waals surface area (Å²) in [6.07, 6.45) is 51.0. The molecule has 0 aliphatic heterocycles. The molecule has 60 heavy (non-hydrogen) atoms. The Morgan fingerprint density at radius 3 is 0.867 bits per heavy atom. The Labute approximate surface area is 374 Å². The average molecular weight is 849 g/mol. The number of carbonyl (C=O) groups is 3. The molecule has 0 amide bonds. The van der Waals surface area contributed by atoms with Crippen LogP contribution in [0.4, 0.5) is 0 Å². The van der Waals surface area contributed by atoms with E-state index in [4.69, 9.17) is 14.2 Å². The number of esters is 3. The minimum absolute atomic E-state index is 0.0629. The highest BCUT2D eigenvalue weighted by molar-refractivity contribution is 5.71. The van der Waals surface area contributed by atoms with Crippen molar-refractivity contribution in [3.63, 3.8) is 0 Å². The summed E-state index contributed by atoms with van der Waals surface area (Å²) in [7, 11) is 0. The van der Waals surface area contributed by atoms with Crippen LogP contribution in [0.25, 0.3) is 0 Å². The van der Waals surface area contributed by atoms with Crippen LogP contribution in [0.15, 0.2) is 0 Å². The molecule has 0 aromatic rings. The second-order valence-electron chi connectivity index (χ2n) is 18.8. The van der Waals surface area contributed by atoms with Gasteiger partial charge in [-0.05, 0) is 25.2 Å². The molecule has 1 unspecified atom stereocenters. The first kappa shape index (κ1) is 58.4. The molecule has 0 aliphatic carbocycles. The summed E-state index contributed by atoms with van der Waals surface area (Å²) in [5, 5.41) is 0. The predicted molar refractivity (Wildman–Crippen MR) is 257 cm³/mol. The molecule has 0 saturated heterocycles. The zero-order valence-corrected chi connectivity index (χ0v) is 40.9. The predicted octanol–water partition coefficient (Wildman–Crippen LogP) is 17.5. The zero-order chi connectivity index (χ0) is 43.8. The fraction of sp³-hybridized carbons (Fsp3) is 0.944. The van der Waals surface area contributed by atoms with E-state index in [9.17, 15) is 14.4 Å². The topological polar surface area (TPSA) is 78.9 Å². The Morgan fingerprint density at radius 1 is 0.333 bits per heavy atom. The smallest absolute Gasteiger partial charge is 0.306 e. The van der Waals surface area contributed by atoms with Gasteiger partial charge in [-0.1, -0.05) is 265 Å². The Kier molecular flexibility index (Phi) is 47.2. The van der Waals surface area contributed by atoms with Crippen LogP contribution in [0, 0.1) is 5.92 Å². The third-order valence-electron chi connectivity index (χ3n) is 12.7. The van der Waals surface area contributed by atoms with Crippen molar-refractivity contribution in [2.45, 2.75) is 310 Å². The van der Waals surface area contributed by atoms with Crippen molar-refractivity contribution in [3.8, 4) is 0 Å². The molecule has 0 bridgehead atoms. The molecule has 0 heterocycles. The molecular formula is C54H104O6. The fourth-order valence-electron chi connectivity index (χ4n) is 8.19. The summed E-state index contributed by atoms with van der Waals surface area (Å²) >= 11 is 0. The molecule has 0 N–H and O–H groups in total. The molecule has 0 aromatic heterocycles. The first-order valence-corrected chi connectivity index (χ1v) is 26.9. The summed E-state index contributed by atoms with van der Waals surface area (Å²) in [6.45, 7) is 9.04. The van der Waals surface area contributed by atoms with Crippen molar-refractivity contribution < 1.29 is 28.6 Å². The van der Waals surface area contributed by atoms with Crippen LogP contribution in [-0.2, 0) is 28.6 Å². The van der Waals surface area contributed by atoms with Gasteiger partial charge in [-0.15, -0.1) is 0 Å². The van der Waals surface area contributed by atoms with Crippen molar-refractivity contribution in [1.29, 1.82) is 0 Å². The Balaban J connectivity index is 4.11. The van der Waals surface area contributed by atoms with Crippen LogP contribution in [-0.4, -0.2) is 37.2 Å². The van der Waals surface area contributed by atoms with Crippen molar-refractivity contribution in [2.75, 3.05) is 13.2 Å². The Morgan fingerprint density at radius 2 is 0.583 bits per heavy atom. The lowest BCUT2D eigenvalue weighted by atomic mass is 9.99. The minimum atomic E-state index is -0.759. The standard InChI is InChI=1S/C54H104O6/c1-5-8-10-12-14-15-16-23-28-31-35-39-43-47-54(57)60-51(48-58-52(55)45-41-37-32-13-11-9-6-2)49-59-53(56)46-42-38-34-30-27-25-22-20-18-17-19-21-24-26-29-33-36-40-44-50(4)7-3/h50-51H,5-49H2,1-4H3/t50?,51-/m0/s1. The van der Waals surface area contributed by atoms with Gasteiger partial charge in [-0.25, -0.2) is 0 Å². The molecule has 2 atom stereocenters. The van der Waals surface area contributed by atoms with E-state index in [2.05, 4.69) is 27.7 Å². The maximum Gasteiger partial charge on any atom is 0.306 e. The number of rotatable bonds is 49. The molecule has 0 aromatic carbocycles. The van der Waals surface area contributed by atoms with Gasteiger partial charge < -0.3 is 14.2 Å².